The van der Waals surface area contributed by atoms with E-state index in [-0.39, 0.29) is 11.6 Å². The number of nitro groups is 1. The Labute approximate surface area is 143 Å². The Bertz CT molecular complexity index is 794. The van der Waals surface area contributed by atoms with Crippen molar-refractivity contribution in [3.05, 3.63) is 57.2 Å². The molecule has 124 valence electrons. The number of benzene rings is 1. The molecular weight excluding hydrogens is 332 g/mol. The smallest absolute Gasteiger partial charge is 0.290 e. The normalized spacial score (nSPS) is 17.2. The van der Waals surface area contributed by atoms with Crippen LogP contribution < -0.4 is 10.2 Å². The maximum absolute atomic E-state index is 12.5. The van der Waals surface area contributed by atoms with E-state index in [9.17, 15) is 14.9 Å². The van der Waals surface area contributed by atoms with E-state index in [2.05, 4.69) is 10.3 Å². The molecule has 0 bridgehead atoms. The van der Waals surface area contributed by atoms with Crippen molar-refractivity contribution in [3.8, 4) is 0 Å². The number of nitrogens with zero attached hydrogens (tertiary/aromatic N) is 3. The number of nitrogens with one attached hydrogen (secondary N) is 1. The lowest BCUT2D eigenvalue weighted by Crippen LogP contribution is -2.33. The zero-order valence-corrected chi connectivity index (χ0v) is 13.7. The third-order valence-electron chi connectivity index (χ3n) is 3.95. The maximum Gasteiger partial charge on any atom is 0.290 e. The fourth-order valence-corrected chi connectivity index (χ4v) is 2.81. The van der Waals surface area contributed by atoms with E-state index in [1.807, 2.05) is 0 Å². The molecule has 7 nitrogen and oxygen atoms in total. The standard InChI is InChI=1S/C16H15ClN4O3/c1-10-8-15(18-9-14(10)21(23)24)19-13-6-7-20(16(13)22)12-4-2-11(17)3-5-12/h2-5,8-9,13H,6-7H2,1H3,(H,18,19). The Morgan fingerprint density at radius 1 is 1.38 bits per heavy atom. The molecule has 0 spiro atoms. The van der Waals surface area contributed by atoms with E-state index in [1.165, 1.54) is 6.20 Å². The Balaban J connectivity index is 1.73. The summed E-state index contributed by atoms with van der Waals surface area (Å²) in [4.78, 5) is 28.6. The van der Waals surface area contributed by atoms with Crippen molar-refractivity contribution in [1.29, 1.82) is 0 Å². The molecule has 0 aliphatic carbocycles. The van der Waals surface area contributed by atoms with Gasteiger partial charge < -0.3 is 10.2 Å². The molecular formula is C16H15ClN4O3. The molecule has 8 heteroatoms. The van der Waals surface area contributed by atoms with E-state index in [1.54, 1.807) is 42.2 Å². The van der Waals surface area contributed by atoms with Crippen LogP contribution in [0, 0.1) is 17.0 Å². The van der Waals surface area contributed by atoms with Gasteiger partial charge in [-0.05, 0) is 43.7 Å². The molecule has 0 saturated carbocycles. The van der Waals surface area contributed by atoms with Crippen molar-refractivity contribution in [2.75, 3.05) is 16.8 Å². The first-order valence-corrected chi connectivity index (χ1v) is 7.78. The van der Waals surface area contributed by atoms with E-state index < -0.39 is 11.0 Å². The summed E-state index contributed by atoms with van der Waals surface area (Å²) in [6.45, 7) is 2.23. The van der Waals surface area contributed by atoms with Crippen LogP contribution in [0.2, 0.25) is 5.02 Å². The van der Waals surface area contributed by atoms with Gasteiger partial charge in [-0.2, -0.15) is 0 Å². The van der Waals surface area contributed by atoms with Crippen LogP contribution in [0.25, 0.3) is 0 Å². The molecule has 3 rings (SSSR count). The number of aryl methyl sites for hydroxylation is 1. The highest BCUT2D eigenvalue weighted by Gasteiger charge is 2.32. The van der Waals surface area contributed by atoms with Crippen molar-refractivity contribution in [2.45, 2.75) is 19.4 Å². The minimum Gasteiger partial charge on any atom is -0.358 e. The summed E-state index contributed by atoms with van der Waals surface area (Å²) in [5, 5.41) is 14.5. The predicted octanol–water partition coefficient (Wildman–Crippen LogP) is 3.17. The van der Waals surface area contributed by atoms with Crippen LogP contribution in [0.5, 0.6) is 0 Å². The van der Waals surface area contributed by atoms with Crippen LogP contribution in [-0.4, -0.2) is 28.4 Å². The highest BCUT2D eigenvalue weighted by atomic mass is 35.5. The highest BCUT2D eigenvalue weighted by Crippen LogP contribution is 2.26. The molecule has 1 amide bonds. The summed E-state index contributed by atoms with van der Waals surface area (Å²) >= 11 is 5.87. The van der Waals surface area contributed by atoms with Gasteiger partial charge in [-0.1, -0.05) is 11.6 Å². The van der Waals surface area contributed by atoms with Gasteiger partial charge in [-0.3, -0.25) is 14.9 Å². The number of amides is 1. The minimum atomic E-state index is -0.477. The lowest BCUT2D eigenvalue weighted by atomic mass is 10.2. The third kappa shape index (κ3) is 3.16. The molecule has 1 aromatic carbocycles. The number of hydrogen-bond acceptors (Lipinski definition) is 5. The van der Waals surface area contributed by atoms with Gasteiger partial charge in [-0.15, -0.1) is 0 Å². The van der Waals surface area contributed by atoms with Gasteiger partial charge in [0.05, 0.1) is 4.92 Å². The monoisotopic (exact) mass is 346 g/mol. The van der Waals surface area contributed by atoms with Crippen molar-refractivity contribution in [2.24, 2.45) is 0 Å². The molecule has 1 N–H and O–H groups in total. The molecule has 1 saturated heterocycles. The number of rotatable bonds is 4. The van der Waals surface area contributed by atoms with Crippen LogP contribution in [0.15, 0.2) is 36.5 Å². The molecule has 0 radical (unpaired) electrons. The fraction of sp³-hybridized carbons (Fsp3) is 0.250. The van der Waals surface area contributed by atoms with E-state index in [0.717, 1.165) is 5.69 Å². The SMILES string of the molecule is Cc1cc(NC2CCN(c3ccc(Cl)cc3)C2=O)ncc1[N+](=O)[O-]. The van der Waals surface area contributed by atoms with Gasteiger partial charge in [0, 0.05) is 22.8 Å². The van der Waals surface area contributed by atoms with E-state index in [4.69, 9.17) is 11.6 Å². The highest BCUT2D eigenvalue weighted by molar-refractivity contribution is 6.30. The maximum atomic E-state index is 12.5. The Kier molecular flexibility index (Phi) is 4.35. The molecule has 1 aromatic heterocycles. The van der Waals surface area contributed by atoms with E-state index >= 15 is 0 Å². The number of anilines is 2. The molecule has 1 unspecified atom stereocenters. The van der Waals surface area contributed by atoms with Gasteiger partial charge in [-0.25, -0.2) is 4.98 Å². The van der Waals surface area contributed by atoms with Crippen LogP contribution in [0.4, 0.5) is 17.2 Å². The van der Waals surface area contributed by atoms with E-state index in [0.29, 0.717) is 29.4 Å². The van der Waals surface area contributed by atoms with Gasteiger partial charge in [0.25, 0.3) is 5.69 Å². The summed E-state index contributed by atoms with van der Waals surface area (Å²) in [5.74, 6) is 0.393. The number of halogens is 1. The number of carbonyl (C=O) groups excluding carboxylic acids is 1. The van der Waals surface area contributed by atoms with Gasteiger partial charge in [0.1, 0.15) is 18.1 Å². The number of hydrogen-bond donors (Lipinski definition) is 1. The number of carbonyl (C=O) groups is 1. The summed E-state index contributed by atoms with van der Waals surface area (Å²) in [6, 6.07) is 8.26. The van der Waals surface area contributed by atoms with Crippen LogP contribution >= 0.6 is 11.6 Å². The first kappa shape index (κ1) is 16.2. The van der Waals surface area contributed by atoms with Crippen LogP contribution in [0.1, 0.15) is 12.0 Å². The zero-order valence-electron chi connectivity index (χ0n) is 12.9. The summed E-state index contributed by atoms with van der Waals surface area (Å²) in [6.07, 6.45) is 1.83. The summed E-state index contributed by atoms with van der Waals surface area (Å²) in [5.41, 5.74) is 1.25. The second kappa shape index (κ2) is 6.45. The average molecular weight is 347 g/mol. The topological polar surface area (TPSA) is 88.4 Å². The Hall–Kier alpha value is -2.67. The van der Waals surface area contributed by atoms with Gasteiger partial charge in [0.15, 0.2) is 0 Å². The molecule has 2 aromatic rings. The zero-order chi connectivity index (χ0) is 17.3. The average Bonchev–Trinajstić information content (AvgIpc) is 2.89. The first-order chi connectivity index (χ1) is 11.5. The van der Waals surface area contributed by atoms with Crippen molar-refractivity contribution in [1.82, 2.24) is 4.98 Å². The Morgan fingerprint density at radius 2 is 2.08 bits per heavy atom. The lowest BCUT2D eigenvalue weighted by molar-refractivity contribution is -0.385. The largest absolute Gasteiger partial charge is 0.358 e. The molecule has 1 atom stereocenters. The van der Waals surface area contributed by atoms with Crippen molar-refractivity contribution in [3.63, 3.8) is 0 Å². The lowest BCUT2D eigenvalue weighted by Gasteiger charge is -2.17. The summed E-state index contributed by atoms with van der Waals surface area (Å²) in [7, 11) is 0. The second-order valence-corrected chi connectivity index (χ2v) is 6.00. The second-order valence-electron chi connectivity index (χ2n) is 5.57. The molecule has 1 aliphatic heterocycles. The quantitative estimate of drug-likeness (QED) is 0.678. The molecule has 24 heavy (non-hydrogen) atoms. The molecule has 1 aliphatic rings. The predicted molar refractivity (Wildman–Crippen MR) is 91.5 cm³/mol. The fourth-order valence-electron chi connectivity index (χ4n) is 2.69. The van der Waals surface area contributed by atoms with Gasteiger partial charge in [0.2, 0.25) is 5.91 Å². The van der Waals surface area contributed by atoms with Gasteiger partial charge >= 0.3 is 0 Å². The third-order valence-corrected chi connectivity index (χ3v) is 4.20. The number of pyridine rings is 1. The minimum absolute atomic E-state index is 0.0407. The van der Waals surface area contributed by atoms with Crippen molar-refractivity contribution >= 4 is 34.7 Å². The number of aromatic nitrogens is 1. The van der Waals surface area contributed by atoms with Crippen LogP contribution in [-0.2, 0) is 4.79 Å². The first-order valence-electron chi connectivity index (χ1n) is 7.40. The van der Waals surface area contributed by atoms with Crippen molar-refractivity contribution < 1.29 is 9.72 Å². The molecule has 1 fully saturated rings. The van der Waals surface area contributed by atoms with Crippen LogP contribution in [0.3, 0.4) is 0 Å². The molecule has 2 heterocycles. The Morgan fingerprint density at radius 3 is 2.71 bits per heavy atom. The summed E-state index contributed by atoms with van der Waals surface area (Å²) < 4.78 is 0.